The molecule has 0 radical (unpaired) electrons. The molecule has 16 heteroatoms. The Morgan fingerprint density at radius 2 is 1.63 bits per heavy atom. The molecule has 1 rings (SSSR count). The van der Waals surface area contributed by atoms with Gasteiger partial charge in [-0.3, -0.25) is 11.7 Å². The van der Waals surface area contributed by atoms with E-state index in [9.17, 15) is 22.4 Å². The predicted octanol–water partition coefficient (Wildman–Crippen LogP) is 2.19. The fourth-order valence-corrected chi connectivity index (χ4v) is 3.04. The van der Waals surface area contributed by atoms with Crippen LogP contribution in [0.3, 0.4) is 0 Å². The van der Waals surface area contributed by atoms with E-state index >= 15 is 0 Å². The average Bonchev–Trinajstić information content (AvgIpc) is 2.60. The van der Waals surface area contributed by atoms with Crippen molar-refractivity contribution in [3.05, 3.63) is 39.3 Å². The number of esters is 1. The minimum atomic E-state index is -2.99. The summed E-state index contributed by atoms with van der Waals surface area (Å²) in [5, 5.41) is 2.50. The standard InChI is InChI=1S/C11H14F4N7O3PS/c1-21(17)26(27,22(2)18)25-4-3-24-11(23)5-6(12)8(14)10(19-20-16)9(15)7(5)13/h3-4,17-18H2,1-2H3. The highest BCUT2D eigenvalue weighted by molar-refractivity contribution is 8.09. The fourth-order valence-electron chi connectivity index (χ4n) is 1.70. The van der Waals surface area contributed by atoms with Gasteiger partial charge in [-0.1, -0.05) is 5.11 Å². The molecule has 0 saturated carbocycles. The molecule has 10 nitrogen and oxygen atoms in total. The van der Waals surface area contributed by atoms with Crippen molar-refractivity contribution >= 4 is 30.0 Å². The first kappa shape index (κ1) is 23.2. The number of carbonyl (C=O) groups excluding carboxylic acids is 1. The number of hydrazine groups is 2. The summed E-state index contributed by atoms with van der Waals surface area (Å²) >= 11 is 5.13. The average molecular weight is 431 g/mol. The number of azide groups is 1. The van der Waals surface area contributed by atoms with Gasteiger partial charge in [-0.05, 0) is 17.3 Å². The highest BCUT2D eigenvalue weighted by Crippen LogP contribution is 2.48. The molecule has 0 fully saturated rings. The summed E-state index contributed by atoms with van der Waals surface area (Å²) in [6, 6.07) is 0. The third-order valence-corrected chi connectivity index (χ3v) is 6.94. The van der Waals surface area contributed by atoms with Crippen LogP contribution in [0.5, 0.6) is 0 Å². The number of nitrogens with zero attached hydrogens (tertiary/aromatic N) is 5. The number of hydrogen-bond acceptors (Lipinski definition) is 7. The zero-order valence-corrected chi connectivity index (χ0v) is 15.6. The zero-order chi connectivity index (χ0) is 20.9. The molecule has 0 atom stereocenters. The molecular weight excluding hydrogens is 417 g/mol. The van der Waals surface area contributed by atoms with Crippen LogP contribution in [0.15, 0.2) is 5.11 Å². The largest absolute Gasteiger partial charge is 0.459 e. The van der Waals surface area contributed by atoms with Crippen LogP contribution >= 0.6 is 6.57 Å². The molecule has 0 amide bonds. The van der Waals surface area contributed by atoms with Crippen molar-refractivity contribution in [1.29, 1.82) is 0 Å². The minimum Gasteiger partial charge on any atom is -0.459 e. The molecule has 0 spiro atoms. The van der Waals surface area contributed by atoms with Gasteiger partial charge in [0.25, 0.3) is 0 Å². The maximum atomic E-state index is 13.8. The van der Waals surface area contributed by atoms with Crippen molar-refractivity contribution < 1.29 is 31.6 Å². The van der Waals surface area contributed by atoms with E-state index in [0.29, 0.717) is 0 Å². The van der Waals surface area contributed by atoms with Crippen molar-refractivity contribution in [1.82, 2.24) is 9.56 Å². The van der Waals surface area contributed by atoms with Gasteiger partial charge in [-0.25, -0.2) is 22.4 Å². The Balaban J connectivity index is 2.94. The molecule has 1 aromatic rings. The summed E-state index contributed by atoms with van der Waals surface area (Å²) in [4.78, 5) is 13.8. The lowest BCUT2D eigenvalue weighted by Gasteiger charge is -2.32. The van der Waals surface area contributed by atoms with Crippen LogP contribution < -0.4 is 11.7 Å². The lowest BCUT2D eigenvalue weighted by Crippen LogP contribution is -2.36. The molecule has 0 heterocycles. The molecule has 150 valence electrons. The molecule has 0 aromatic heterocycles. The summed E-state index contributed by atoms with van der Waals surface area (Å²) < 4.78 is 66.8. The Morgan fingerprint density at radius 1 is 1.15 bits per heavy atom. The quantitative estimate of drug-likeness (QED) is 0.0609. The topological polar surface area (TPSA) is 143 Å². The molecule has 0 unspecified atom stereocenters. The summed E-state index contributed by atoms with van der Waals surface area (Å²) in [6.45, 7) is -3.96. The summed E-state index contributed by atoms with van der Waals surface area (Å²) in [6.07, 6.45) is 0. The Labute approximate surface area is 155 Å². The smallest absolute Gasteiger partial charge is 0.344 e. The van der Waals surface area contributed by atoms with E-state index < -0.39 is 53.7 Å². The van der Waals surface area contributed by atoms with E-state index in [1.807, 2.05) is 4.91 Å². The monoisotopic (exact) mass is 431 g/mol. The van der Waals surface area contributed by atoms with Crippen LogP contribution in [0.25, 0.3) is 10.4 Å². The molecule has 4 N–H and O–H groups in total. The summed E-state index contributed by atoms with van der Waals surface area (Å²) in [7, 11) is 2.77. The van der Waals surface area contributed by atoms with E-state index in [4.69, 9.17) is 33.5 Å². The number of nitrogens with two attached hydrogens (primary N) is 2. The Kier molecular flexibility index (Phi) is 8.07. The third-order valence-electron chi connectivity index (χ3n) is 2.96. The van der Waals surface area contributed by atoms with Crippen LogP contribution in [0.2, 0.25) is 0 Å². The van der Waals surface area contributed by atoms with Gasteiger partial charge >= 0.3 is 5.97 Å². The molecule has 0 aliphatic carbocycles. The SMILES string of the molecule is CN(N)P(=S)(OCCOC(=O)c1c(F)c(F)c(N=[N+]=[N-])c(F)c1F)N(C)N. The second kappa shape index (κ2) is 9.39. The van der Waals surface area contributed by atoms with Gasteiger partial charge in [0.15, 0.2) is 23.3 Å². The number of halogens is 4. The number of hydrogen-bond donors (Lipinski definition) is 2. The van der Waals surface area contributed by atoms with Gasteiger partial charge < -0.3 is 9.26 Å². The van der Waals surface area contributed by atoms with E-state index in [2.05, 4.69) is 9.85 Å². The molecule has 1 aromatic carbocycles. The normalized spacial score (nSPS) is 11.6. The van der Waals surface area contributed by atoms with Crippen molar-refractivity contribution in [3.63, 3.8) is 0 Å². The van der Waals surface area contributed by atoms with Gasteiger partial charge in [0.2, 0.25) is 6.57 Å². The molecule has 0 aliphatic rings. The van der Waals surface area contributed by atoms with Crippen LogP contribution in [0.4, 0.5) is 23.2 Å². The van der Waals surface area contributed by atoms with Gasteiger partial charge in [0.1, 0.15) is 17.9 Å². The van der Waals surface area contributed by atoms with Gasteiger partial charge in [-0.2, -0.15) is 9.56 Å². The summed E-state index contributed by atoms with van der Waals surface area (Å²) in [5.41, 5.74) is 4.98. The number of rotatable bonds is 8. The van der Waals surface area contributed by atoms with Crippen LogP contribution in [-0.4, -0.2) is 42.8 Å². The van der Waals surface area contributed by atoms with Crippen molar-refractivity contribution in [2.24, 2.45) is 16.8 Å². The zero-order valence-electron chi connectivity index (χ0n) is 13.9. The molecule has 27 heavy (non-hydrogen) atoms. The predicted molar refractivity (Wildman–Crippen MR) is 89.5 cm³/mol. The first-order chi connectivity index (χ1) is 12.5. The minimum absolute atomic E-state index is 0.378. The highest BCUT2D eigenvalue weighted by Gasteiger charge is 2.30. The Bertz CT molecular complexity index is 794. The number of ether oxygens (including phenoxy) is 1. The van der Waals surface area contributed by atoms with Crippen molar-refractivity contribution in [2.75, 3.05) is 27.3 Å². The van der Waals surface area contributed by atoms with Crippen LogP contribution in [0, 0.1) is 23.3 Å². The van der Waals surface area contributed by atoms with E-state index in [0.717, 1.165) is 9.56 Å². The fraction of sp³-hybridized carbons (Fsp3) is 0.364. The lowest BCUT2D eigenvalue weighted by molar-refractivity contribution is 0.0434. The Morgan fingerprint density at radius 3 is 2.04 bits per heavy atom. The number of benzene rings is 1. The molecular formula is C11H14F4N7O3PS. The first-order valence-electron chi connectivity index (χ1n) is 6.79. The van der Waals surface area contributed by atoms with Crippen molar-refractivity contribution in [3.8, 4) is 0 Å². The molecule has 0 aliphatic heterocycles. The second-order valence-corrected chi connectivity index (χ2v) is 8.70. The third kappa shape index (κ3) is 4.91. The van der Waals surface area contributed by atoms with E-state index in [1.165, 1.54) is 14.1 Å². The summed E-state index contributed by atoms with van der Waals surface area (Å²) in [5.74, 6) is 1.10. The van der Waals surface area contributed by atoms with E-state index in [-0.39, 0.29) is 6.61 Å². The van der Waals surface area contributed by atoms with Gasteiger partial charge in [-0.15, -0.1) is 0 Å². The van der Waals surface area contributed by atoms with Gasteiger partial charge in [0.05, 0.1) is 6.61 Å². The maximum Gasteiger partial charge on any atom is 0.344 e. The maximum absolute atomic E-state index is 13.8. The van der Waals surface area contributed by atoms with Gasteiger partial charge in [0, 0.05) is 19.0 Å². The molecule has 0 bridgehead atoms. The number of carbonyl (C=O) groups is 1. The lowest BCUT2D eigenvalue weighted by atomic mass is 10.1. The first-order valence-corrected chi connectivity index (χ1v) is 9.42. The second-order valence-electron chi connectivity index (χ2n) is 4.78. The van der Waals surface area contributed by atoms with Crippen molar-refractivity contribution in [2.45, 2.75) is 0 Å². The highest BCUT2D eigenvalue weighted by atomic mass is 32.5. The van der Waals surface area contributed by atoms with E-state index in [1.54, 1.807) is 0 Å². The van der Waals surface area contributed by atoms with Crippen LogP contribution in [0.1, 0.15) is 10.4 Å². The van der Waals surface area contributed by atoms with Crippen LogP contribution in [-0.2, 0) is 21.1 Å². The Hall–Kier alpha value is -1.83. The molecule has 0 saturated heterocycles.